The van der Waals surface area contributed by atoms with Gasteiger partial charge in [0.2, 0.25) is 0 Å². The Bertz CT molecular complexity index is 958. The Kier molecular flexibility index (Phi) is 5.32. The van der Waals surface area contributed by atoms with Crippen LogP contribution in [0.5, 0.6) is 5.75 Å². The maximum Gasteiger partial charge on any atom is 0.416 e. The van der Waals surface area contributed by atoms with Crippen LogP contribution in [0.15, 0.2) is 36.4 Å². The maximum atomic E-state index is 13.4. The molecule has 1 N–H and O–H groups in total. The van der Waals surface area contributed by atoms with Crippen LogP contribution in [-0.4, -0.2) is 60.8 Å². The summed E-state index contributed by atoms with van der Waals surface area (Å²) in [5, 5.41) is 9.19. The fraction of sp³-hybridized carbons (Fsp3) is 0.478. The molecule has 3 heterocycles. The first kappa shape index (κ1) is 20.6. The number of alkyl halides is 3. The number of para-hydroxylation sites is 1. The predicted octanol–water partition coefficient (Wildman–Crippen LogP) is 3.79. The first-order chi connectivity index (χ1) is 15.0. The second-order valence-electron chi connectivity index (χ2n) is 8.38. The van der Waals surface area contributed by atoms with Gasteiger partial charge < -0.3 is 14.7 Å². The molecule has 2 aromatic carbocycles. The Morgan fingerprint density at radius 3 is 2.58 bits per heavy atom. The lowest BCUT2D eigenvalue weighted by Crippen LogP contribution is -2.49. The van der Waals surface area contributed by atoms with Crippen LogP contribution in [0.25, 0.3) is 0 Å². The predicted molar refractivity (Wildman–Crippen MR) is 112 cm³/mol. The molecule has 0 radical (unpaired) electrons. The van der Waals surface area contributed by atoms with Gasteiger partial charge in [-0.15, -0.1) is 0 Å². The van der Waals surface area contributed by atoms with E-state index in [4.69, 9.17) is 4.74 Å². The maximum absolute atomic E-state index is 13.4. The molecule has 0 spiro atoms. The van der Waals surface area contributed by atoms with Gasteiger partial charge in [-0.25, -0.2) is 0 Å². The Balaban J connectivity index is 1.50. The number of nitrogens with zero attached hydrogens (tertiary/aromatic N) is 3. The quantitative estimate of drug-likeness (QED) is 0.798. The van der Waals surface area contributed by atoms with Crippen molar-refractivity contribution >= 4 is 11.4 Å². The molecule has 3 aliphatic rings. The molecule has 0 saturated carbocycles. The van der Waals surface area contributed by atoms with E-state index >= 15 is 0 Å². The number of aliphatic hydroxyl groups excluding tert-OH is 1. The minimum atomic E-state index is -4.39. The van der Waals surface area contributed by atoms with Gasteiger partial charge in [0.1, 0.15) is 12.4 Å². The van der Waals surface area contributed by atoms with Gasteiger partial charge in [-0.2, -0.15) is 13.2 Å². The Hall–Kier alpha value is -2.29. The number of hydrogen-bond donors (Lipinski definition) is 1. The van der Waals surface area contributed by atoms with Crippen molar-refractivity contribution in [1.29, 1.82) is 0 Å². The molecule has 1 atom stereocenters. The summed E-state index contributed by atoms with van der Waals surface area (Å²) in [6, 6.07) is 10.1. The molecule has 0 aliphatic carbocycles. The normalized spacial score (nSPS) is 21.8. The highest BCUT2D eigenvalue weighted by atomic mass is 19.4. The number of β-amino-alcohol motifs (C(OH)–C–C–N with tert-alkyl or cyclic N) is 1. The monoisotopic (exact) mass is 433 g/mol. The molecule has 1 saturated heterocycles. The Morgan fingerprint density at radius 2 is 1.84 bits per heavy atom. The molecule has 0 amide bonds. The molecule has 0 aromatic heterocycles. The molecule has 2 aromatic rings. The fourth-order valence-corrected chi connectivity index (χ4v) is 5.09. The second kappa shape index (κ2) is 8.00. The molecular weight excluding hydrogens is 407 g/mol. The van der Waals surface area contributed by atoms with Crippen LogP contribution < -0.4 is 9.64 Å². The minimum absolute atomic E-state index is 0.171. The van der Waals surface area contributed by atoms with Gasteiger partial charge in [0, 0.05) is 50.9 Å². The Labute approximate surface area is 179 Å². The minimum Gasteiger partial charge on any atom is -0.487 e. The van der Waals surface area contributed by atoms with Crippen molar-refractivity contribution in [2.75, 3.05) is 50.8 Å². The molecule has 5 rings (SSSR count). The first-order valence-electron chi connectivity index (χ1n) is 10.8. The van der Waals surface area contributed by atoms with Crippen LogP contribution in [0.2, 0.25) is 0 Å². The van der Waals surface area contributed by atoms with Gasteiger partial charge in [0.15, 0.2) is 0 Å². The lowest BCUT2D eigenvalue weighted by molar-refractivity contribution is -0.137. The van der Waals surface area contributed by atoms with Crippen molar-refractivity contribution in [2.45, 2.75) is 25.2 Å². The average Bonchev–Trinajstić information content (AvgIpc) is 2.92. The highest BCUT2D eigenvalue weighted by molar-refractivity contribution is 5.77. The van der Waals surface area contributed by atoms with E-state index in [1.54, 1.807) is 0 Å². The zero-order chi connectivity index (χ0) is 21.6. The number of rotatable bonds is 3. The van der Waals surface area contributed by atoms with Gasteiger partial charge in [-0.1, -0.05) is 18.2 Å². The largest absolute Gasteiger partial charge is 0.487 e. The van der Waals surface area contributed by atoms with Crippen LogP contribution in [0.3, 0.4) is 0 Å². The van der Waals surface area contributed by atoms with Crippen molar-refractivity contribution in [2.24, 2.45) is 0 Å². The van der Waals surface area contributed by atoms with Gasteiger partial charge >= 0.3 is 6.18 Å². The Morgan fingerprint density at radius 1 is 1.03 bits per heavy atom. The molecule has 31 heavy (non-hydrogen) atoms. The zero-order valence-corrected chi connectivity index (χ0v) is 17.2. The third-order valence-electron chi connectivity index (χ3n) is 6.63. The molecule has 3 aliphatic heterocycles. The van der Waals surface area contributed by atoms with E-state index in [1.807, 2.05) is 17.0 Å². The molecular formula is C23H26F3N3O2. The standard InChI is InChI=1S/C23H26F3N3O2/c24-23(25,26)17-4-5-21-20(14-17)29-7-6-19(28-10-8-27(9-11-28)12-13-30)18-3-1-2-16(15-31-21)22(18)29/h1-5,14,19,30H,6-13,15H2. The summed E-state index contributed by atoms with van der Waals surface area (Å²) in [4.78, 5) is 6.75. The first-order valence-corrected chi connectivity index (χ1v) is 10.8. The molecule has 1 fully saturated rings. The molecule has 0 bridgehead atoms. The van der Waals surface area contributed by atoms with E-state index in [1.165, 1.54) is 12.1 Å². The summed E-state index contributed by atoms with van der Waals surface area (Å²) in [6.45, 7) is 5.51. The van der Waals surface area contributed by atoms with Gasteiger partial charge in [-0.05, 0) is 30.2 Å². The molecule has 166 valence electrons. The summed E-state index contributed by atoms with van der Waals surface area (Å²) < 4.78 is 46.1. The van der Waals surface area contributed by atoms with Crippen molar-refractivity contribution in [1.82, 2.24) is 9.80 Å². The third-order valence-corrected chi connectivity index (χ3v) is 6.63. The highest BCUT2D eigenvalue weighted by Crippen LogP contribution is 2.49. The van der Waals surface area contributed by atoms with Crippen molar-refractivity contribution in [3.05, 3.63) is 53.1 Å². The van der Waals surface area contributed by atoms with Crippen molar-refractivity contribution in [3.8, 4) is 5.75 Å². The number of halogens is 3. The number of hydrogen-bond acceptors (Lipinski definition) is 5. The van der Waals surface area contributed by atoms with E-state index in [0.717, 1.165) is 55.5 Å². The zero-order valence-electron chi connectivity index (χ0n) is 17.2. The van der Waals surface area contributed by atoms with E-state index in [9.17, 15) is 18.3 Å². The van der Waals surface area contributed by atoms with Crippen molar-refractivity contribution < 1.29 is 23.0 Å². The van der Waals surface area contributed by atoms with E-state index in [-0.39, 0.29) is 12.6 Å². The number of anilines is 2. The lowest BCUT2D eigenvalue weighted by atomic mass is 9.91. The topological polar surface area (TPSA) is 39.2 Å². The number of piperazine rings is 1. The van der Waals surface area contributed by atoms with Crippen LogP contribution in [0.4, 0.5) is 24.5 Å². The summed E-state index contributed by atoms with van der Waals surface area (Å²) >= 11 is 0. The SMILES string of the molecule is OCCN1CCN(C2CCN3c4cc(C(F)(F)F)ccc4OCc4cccc2c43)CC1. The van der Waals surface area contributed by atoms with E-state index in [0.29, 0.717) is 31.1 Å². The number of aliphatic hydroxyl groups is 1. The van der Waals surface area contributed by atoms with Gasteiger partial charge in [-0.3, -0.25) is 9.80 Å². The number of ether oxygens (including phenoxy) is 1. The number of fused-ring (bicyclic) bond motifs is 2. The smallest absolute Gasteiger partial charge is 0.416 e. The summed E-state index contributed by atoms with van der Waals surface area (Å²) in [5.74, 6) is 0.492. The third kappa shape index (κ3) is 3.77. The second-order valence-corrected chi connectivity index (χ2v) is 8.38. The van der Waals surface area contributed by atoms with E-state index in [2.05, 4.69) is 15.9 Å². The van der Waals surface area contributed by atoms with Crippen molar-refractivity contribution in [3.63, 3.8) is 0 Å². The summed E-state index contributed by atoms with van der Waals surface area (Å²) in [5.41, 5.74) is 3.00. The van der Waals surface area contributed by atoms with Crippen LogP contribution >= 0.6 is 0 Å². The molecule has 8 heteroatoms. The fourth-order valence-electron chi connectivity index (χ4n) is 5.09. The summed E-state index contributed by atoms with van der Waals surface area (Å²) in [6.07, 6.45) is -3.55. The van der Waals surface area contributed by atoms with Crippen LogP contribution in [-0.2, 0) is 12.8 Å². The van der Waals surface area contributed by atoms with Gasteiger partial charge in [0.05, 0.1) is 23.5 Å². The van der Waals surface area contributed by atoms with Crippen LogP contribution in [0.1, 0.15) is 29.2 Å². The average molecular weight is 433 g/mol. The summed E-state index contributed by atoms with van der Waals surface area (Å²) in [7, 11) is 0. The number of benzene rings is 2. The lowest BCUT2D eigenvalue weighted by Gasteiger charge is -2.44. The van der Waals surface area contributed by atoms with Crippen LogP contribution in [0, 0.1) is 0 Å². The van der Waals surface area contributed by atoms with Gasteiger partial charge in [0.25, 0.3) is 0 Å². The molecule has 5 nitrogen and oxygen atoms in total. The highest BCUT2D eigenvalue weighted by Gasteiger charge is 2.37. The molecule has 1 unspecified atom stereocenters. The van der Waals surface area contributed by atoms with E-state index < -0.39 is 11.7 Å².